The zero-order valence-corrected chi connectivity index (χ0v) is 22.6. The van der Waals surface area contributed by atoms with E-state index in [1.54, 1.807) is 11.1 Å². The summed E-state index contributed by atoms with van der Waals surface area (Å²) in [4.78, 5) is 34.0. The van der Waals surface area contributed by atoms with Gasteiger partial charge in [-0.05, 0) is 75.2 Å². The molecule has 4 heterocycles. The van der Waals surface area contributed by atoms with Gasteiger partial charge in [-0.25, -0.2) is 9.78 Å². The number of hydrogen-bond donors (Lipinski definition) is 3. The van der Waals surface area contributed by atoms with Gasteiger partial charge in [0.15, 0.2) is 11.5 Å². The number of carbonyl (C=O) groups excluding carboxylic acids is 2. The number of aromatic nitrogens is 1. The summed E-state index contributed by atoms with van der Waals surface area (Å²) < 4.78 is 11.8. The monoisotopic (exact) mass is 543 g/mol. The Bertz CT molecular complexity index is 1560. The van der Waals surface area contributed by atoms with Crippen LogP contribution in [-0.2, 0) is 0 Å². The molecule has 3 N–H and O–H groups in total. The predicted molar refractivity (Wildman–Crippen MR) is 153 cm³/mol. The zero-order valence-electron chi connectivity index (χ0n) is 21.7. The molecule has 2 aromatic heterocycles. The van der Waals surface area contributed by atoms with Crippen molar-refractivity contribution < 1.29 is 19.1 Å². The fourth-order valence-electron chi connectivity index (χ4n) is 5.09. The van der Waals surface area contributed by atoms with Gasteiger partial charge in [-0.3, -0.25) is 9.69 Å². The van der Waals surface area contributed by atoms with Crippen molar-refractivity contribution in [2.75, 3.05) is 29.9 Å². The maximum Gasteiger partial charge on any atom is 0.331 e. The third-order valence-electron chi connectivity index (χ3n) is 6.87. The quantitative estimate of drug-likeness (QED) is 0.266. The summed E-state index contributed by atoms with van der Waals surface area (Å²) in [6.45, 7) is 6.10. The summed E-state index contributed by atoms with van der Waals surface area (Å²) in [5.74, 6) is 1.73. The van der Waals surface area contributed by atoms with E-state index in [-0.39, 0.29) is 18.0 Å². The third-order valence-corrected chi connectivity index (χ3v) is 7.97. The molecule has 2 aliphatic rings. The Morgan fingerprint density at radius 3 is 2.79 bits per heavy atom. The normalized spacial score (nSPS) is 16.6. The number of rotatable bonds is 7. The van der Waals surface area contributed by atoms with Gasteiger partial charge >= 0.3 is 6.03 Å². The molecular formula is C29H29N5O4S. The molecule has 0 radical (unpaired) electrons. The number of nitrogens with zero attached hydrogens (tertiary/aromatic N) is 2. The predicted octanol–water partition coefficient (Wildman–Crippen LogP) is 5.96. The molecule has 0 spiro atoms. The first-order valence-corrected chi connectivity index (χ1v) is 13.9. The van der Waals surface area contributed by atoms with Gasteiger partial charge in [-0.2, -0.15) is 0 Å². The van der Waals surface area contributed by atoms with Crippen molar-refractivity contribution >= 4 is 50.6 Å². The molecule has 39 heavy (non-hydrogen) atoms. The van der Waals surface area contributed by atoms with Gasteiger partial charge in [-0.1, -0.05) is 12.1 Å². The fourth-order valence-corrected chi connectivity index (χ4v) is 6.11. The van der Waals surface area contributed by atoms with Gasteiger partial charge in [0.05, 0.1) is 29.1 Å². The molecule has 200 valence electrons. The van der Waals surface area contributed by atoms with Crippen LogP contribution >= 0.6 is 11.3 Å². The average Bonchev–Trinajstić information content (AvgIpc) is 3.31. The van der Waals surface area contributed by atoms with E-state index in [1.807, 2.05) is 62.4 Å². The van der Waals surface area contributed by atoms with Gasteiger partial charge in [0.1, 0.15) is 15.5 Å². The Balaban J connectivity index is 1.32. The van der Waals surface area contributed by atoms with E-state index >= 15 is 0 Å². The van der Waals surface area contributed by atoms with Gasteiger partial charge in [0, 0.05) is 18.8 Å². The van der Waals surface area contributed by atoms with E-state index in [4.69, 9.17) is 9.47 Å². The van der Waals surface area contributed by atoms with Crippen LogP contribution in [-0.4, -0.2) is 42.7 Å². The molecule has 6 rings (SSSR count). The van der Waals surface area contributed by atoms with Gasteiger partial charge in [0.25, 0.3) is 5.91 Å². The Morgan fingerprint density at radius 2 is 2.03 bits per heavy atom. The zero-order chi connectivity index (χ0) is 26.9. The number of carbonyl (C=O) groups is 2. The van der Waals surface area contributed by atoms with Crippen molar-refractivity contribution in [2.45, 2.75) is 32.7 Å². The Labute approximate surface area is 230 Å². The van der Waals surface area contributed by atoms with Crippen LogP contribution in [0.2, 0.25) is 0 Å². The van der Waals surface area contributed by atoms with Crippen molar-refractivity contribution in [3.8, 4) is 17.2 Å². The minimum Gasteiger partial charge on any atom is -0.490 e. The highest BCUT2D eigenvalue weighted by molar-refractivity contribution is 7.21. The van der Waals surface area contributed by atoms with Crippen LogP contribution in [0, 0.1) is 6.92 Å². The van der Waals surface area contributed by atoms with E-state index in [9.17, 15) is 9.59 Å². The highest BCUT2D eigenvalue weighted by Crippen LogP contribution is 2.46. The number of nitrogens with one attached hydrogen (secondary N) is 3. The number of anilines is 3. The molecule has 1 fully saturated rings. The van der Waals surface area contributed by atoms with Crippen LogP contribution in [0.1, 0.15) is 35.0 Å². The van der Waals surface area contributed by atoms with Crippen molar-refractivity contribution in [3.63, 3.8) is 0 Å². The lowest BCUT2D eigenvalue weighted by Gasteiger charge is -2.30. The highest BCUT2D eigenvalue weighted by atomic mass is 32.1. The van der Waals surface area contributed by atoms with Crippen molar-refractivity contribution in [2.24, 2.45) is 0 Å². The SMILES string of the molecule is CCOc1ccccc1Oc1ccc(N2C(=O)Nc3c(C(=O)N[C@@H]4CCCNC4)sc4nccc2c34)c(C)c1. The van der Waals surface area contributed by atoms with E-state index < -0.39 is 0 Å². The molecule has 0 unspecified atom stereocenters. The second-order valence-electron chi connectivity index (χ2n) is 9.53. The lowest BCUT2D eigenvalue weighted by molar-refractivity contribution is 0.0935. The number of thiophene rings is 1. The van der Waals surface area contributed by atoms with E-state index in [2.05, 4.69) is 20.9 Å². The number of piperidine rings is 1. The largest absolute Gasteiger partial charge is 0.490 e. The second kappa shape index (κ2) is 10.5. The lowest BCUT2D eigenvalue weighted by Crippen LogP contribution is -2.45. The number of aryl methyl sites for hydroxylation is 1. The second-order valence-corrected chi connectivity index (χ2v) is 10.5. The number of hydrogen-bond acceptors (Lipinski definition) is 7. The summed E-state index contributed by atoms with van der Waals surface area (Å²) in [5.41, 5.74) is 2.77. The molecule has 0 aliphatic carbocycles. The maximum absolute atomic E-state index is 13.5. The van der Waals surface area contributed by atoms with Crippen LogP contribution in [0.5, 0.6) is 17.2 Å². The average molecular weight is 544 g/mol. The first-order chi connectivity index (χ1) is 19.0. The van der Waals surface area contributed by atoms with E-state index in [0.717, 1.165) is 36.9 Å². The smallest absolute Gasteiger partial charge is 0.331 e. The molecule has 10 heteroatoms. The van der Waals surface area contributed by atoms with Gasteiger partial charge in [0.2, 0.25) is 0 Å². The van der Waals surface area contributed by atoms with E-state index in [1.165, 1.54) is 11.3 Å². The molecule has 3 amide bonds. The van der Waals surface area contributed by atoms with Crippen LogP contribution < -0.4 is 30.3 Å². The van der Waals surface area contributed by atoms with Crippen LogP contribution in [0.3, 0.4) is 0 Å². The topological polar surface area (TPSA) is 105 Å². The summed E-state index contributed by atoms with van der Waals surface area (Å²) in [6.07, 6.45) is 3.62. The molecule has 0 saturated carbocycles. The number of pyridine rings is 1. The molecule has 4 aromatic rings. The van der Waals surface area contributed by atoms with Crippen LogP contribution in [0.4, 0.5) is 21.9 Å². The number of amides is 3. The number of ether oxygens (including phenoxy) is 2. The molecule has 1 atom stereocenters. The third kappa shape index (κ3) is 4.77. The van der Waals surface area contributed by atoms with Gasteiger partial charge in [-0.15, -0.1) is 11.3 Å². The molecule has 2 aromatic carbocycles. The Kier molecular flexibility index (Phi) is 6.80. The number of para-hydroxylation sites is 2. The molecule has 2 aliphatic heterocycles. The summed E-state index contributed by atoms with van der Waals surface area (Å²) in [5, 5.41) is 10.2. The first kappa shape index (κ1) is 25.1. The standard InChI is InChI=1S/C29H29N5O4S/c1-3-37-22-8-4-5-9-23(22)38-19-10-11-20(17(2)15-19)34-21-12-14-31-28-24(21)25(33-29(34)36)26(39-28)27(35)32-18-7-6-13-30-16-18/h4-5,8-12,14-15,18,30H,3,6-7,13,16H2,1-2H3,(H,32,35)(H,33,36)/t18-/m1/s1. The molecule has 0 bridgehead atoms. The summed E-state index contributed by atoms with van der Waals surface area (Å²) >= 11 is 1.29. The highest BCUT2D eigenvalue weighted by Gasteiger charge is 2.33. The molecular weight excluding hydrogens is 514 g/mol. The Hall–Kier alpha value is -4.15. The Morgan fingerprint density at radius 1 is 1.18 bits per heavy atom. The van der Waals surface area contributed by atoms with E-state index in [0.29, 0.717) is 50.6 Å². The number of urea groups is 1. The maximum atomic E-state index is 13.5. The summed E-state index contributed by atoms with van der Waals surface area (Å²) in [7, 11) is 0. The summed E-state index contributed by atoms with van der Waals surface area (Å²) in [6, 6.07) is 14.6. The van der Waals surface area contributed by atoms with Crippen molar-refractivity contribution in [3.05, 3.63) is 65.2 Å². The van der Waals surface area contributed by atoms with Gasteiger partial charge < -0.3 is 25.4 Å². The lowest BCUT2D eigenvalue weighted by atomic mass is 10.1. The number of benzene rings is 2. The minimum absolute atomic E-state index is 0.0655. The fraction of sp³-hybridized carbons (Fsp3) is 0.276. The first-order valence-electron chi connectivity index (χ1n) is 13.1. The van der Waals surface area contributed by atoms with Crippen molar-refractivity contribution in [1.82, 2.24) is 15.6 Å². The molecule has 9 nitrogen and oxygen atoms in total. The van der Waals surface area contributed by atoms with Crippen molar-refractivity contribution in [1.29, 1.82) is 0 Å². The minimum atomic E-state index is -0.333. The molecule has 1 saturated heterocycles. The van der Waals surface area contributed by atoms with Crippen LogP contribution in [0.15, 0.2) is 54.7 Å². The van der Waals surface area contributed by atoms with Crippen LogP contribution in [0.25, 0.3) is 10.2 Å².